The second-order valence-electron chi connectivity index (χ2n) is 6.56. The van der Waals surface area contributed by atoms with E-state index in [1.807, 2.05) is 55.5 Å². The lowest BCUT2D eigenvalue weighted by atomic mass is 9.99. The second kappa shape index (κ2) is 6.52. The largest absolute Gasteiger partial charge is 0.494 e. The van der Waals surface area contributed by atoms with Crippen molar-refractivity contribution in [1.29, 1.82) is 0 Å². The zero-order valence-corrected chi connectivity index (χ0v) is 14.3. The molecule has 0 aromatic heterocycles. The van der Waals surface area contributed by atoms with Crippen LogP contribution in [0.2, 0.25) is 0 Å². The Balaban J connectivity index is 1.71. The van der Waals surface area contributed by atoms with Gasteiger partial charge in [-0.15, -0.1) is 0 Å². The zero-order chi connectivity index (χ0) is 17.2. The van der Waals surface area contributed by atoms with E-state index in [9.17, 15) is 4.79 Å². The SMILES string of the molecule is CCOc1ccc(C=CC(=O)c2ccc3c(c2)CC(C)(C)O3)cc1. The number of fused-ring (bicyclic) bond motifs is 1. The second-order valence-corrected chi connectivity index (χ2v) is 6.56. The van der Waals surface area contributed by atoms with Crippen LogP contribution in [0.3, 0.4) is 0 Å². The van der Waals surface area contributed by atoms with Crippen molar-refractivity contribution >= 4 is 11.9 Å². The van der Waals surface area contributed by atoms with Gasteiger partial charge in [-0.05, 0) is 68.3 Å². The topological polar surface area (TPSA) is 35.5 Å². The van der Waals surface area contributed by atoms with E-state index in [2.05, 4.69) is 13.8 Å². The molecular weight excluding hydrogens is 300 g/mol. The minimum atomic E-state index is -0.192. The maximum Gasteiger partial charge on any atom is 0.185 e. The minimum absolute atomic E-state index is 0.00334. The molecule has 0 amide bonds. The number of carbonyl (C=O) groups excluding carboxylic acids is 1. The van der Waals surface area contributed by atoms with Gasteiger partial charge in [0.2, 0.25) is 0 Å². The van der Waals surface area contributed by atoms with Crippen LogP contribution in [-0.2, 0) is 6.42 Å². The molecule has 0 saturated heterocycles. The number of benzene rings is 2. The number of hydrogen-bond donors (Lipinski definition) is 0. The molecule has 1 aliphatic heterocycles. The molecule has 0 N–H and O–H groups in total. The number of rotatable bonds is 5. The highest BCUT2D eigenvalue weighted by molar-refractivity contribution is 6.07. The first-order valence-electron chi connectivity index (χ1n) is 8.24. The molecule has 3 heteroatoms. The monoisotopic (exact) mass is 322 g/mol. The minimum Gasteiger partial charge on any atom is -0.494 e. The van der Waals surface area contributed by atoms with Crippen molar-refractivity contribution < 1.29 is 14.3 Å². The van der Waals surface area contributed by atoms with Gasteiger partial charge in [0.25, 0.3) is 0 Å². The zero-order valence-electron chi connectivity index (χ0n) is 14.3. The molecule has 0 radical (unpaired) electrons. The number of ether oxygens (including phenoxy) is 2. The van der Waals surface area contributed by atoms with Crippen LogP contribution in [0.15, 0.2) is 48.5 Å². The molecule has 0 saturated carbocycles. The molecule has 0 aliphatic carbocycles. The van der Waals surface area contributed by atoms with E-state index in [4.69, 9.17) is 9.47 Å². The van der Waals surface area contributed by atoms with Crippen molar-refractivity contribution in [3.8, 4) is 11.5 Å². The number of carbonyl (C=O) groups is 1. The van der Waals surface area contributed by atoms with Gasteiger partial charge < -0.3 is 9.47 Å². The Morgan fingerprint density at radius 1 is 1.21 bits per heavy atom. The summed E-state index contributed by atoms with van der Waals surface area (Å²) in [6.45, 7) is 6.71. The fourth-order valence-corrected chi connectivity index (χ4v) is 2.87. The lowest BCUT2D eigenvalue weighted by molar-refractivity contribution is 0.104. The third kappa shape index (κ3) is 3.67. The van der Waals surface area contributed by atoms with Gasteiger partial charge in [0.1, 0.15) is 17.1 Å². The van der Waals surface area contributed by atoms with E-state index in [0.717, 1.165) is 29.0 Å². The predicted octanol–water partition coefficient (Wildman–Crippen LogP) is 4.69. The Kier molecular flexibility index (Phi) is 4.43. The van der Waals surface area contributed by atoms with Crippen molar-refractivity contribution in [2.75, 3.05) is 6.61 Å². The molecule has 1 aliphatic rings. The average molecular weight is 322 g/mol. The molecule has 0 unspecified atom stereocenters. The van der Waals surface area contributed by atoms with E-state index in [0.29, 0.717) is 12.2 Å². The molecule has 0 atom stereocenters. The Bertz CT molecular complexity index is 770. The van der Waals surface area contributed by atoms with Crippen LogP contribution in [-0.4, -0.2) is 18.0 Å². The maximum absolute atomic E-state index is 12.4. The Morgan fingerprint density at radius 2 is 1.96 bits per heavy atom. The van der Waals surface area contributed by atoms with Gasteiger partial charge in [0.15, 0.2) is 5.78 Å². The van der Waals surface area contributed by atoms with E-state index >= 15 is 0 Å². The number of ketones is 1. The van der Waals surface area contributed by atoms with Crippen LogP contribution in [0.5, 0.6) is 11.5 Å². The highest BCUT2D eigenvalue weighted by atomic mass is 16.5. The van der Waals surface area contributed by atoms with Crippen LogP contribution in [0.1, 0.15) is 42.3 Å². The van der Waals surface area contributed by atoms with Crippen molar-refractivity contribution in [3.63, 3.8) is 0 Å². The van der Waals surface area contributed by atoms with Crippen molar-refractivity contribution in [2.45, 2.75) is 32.8 Å². The van der Waals surface area contributed by atoms with E-state index in [1.54, 1.807) is 6.08 Å². The molecule has 0 bridgehead atoms. The van der Waals surface area contributed by atoms with Crippen LogP contribution in [0, 0.1) is 0 Å². The summed E-state index contributed by atoms with van der Waals surface area (Å²) < 4.78 is 11.3. The van der Waals surface area contributed by atoms with Gasteiger partial charge >= 0.3 is 0 Å². The van der Waals surface area contributed by atoms with E-state index in [1.165, 1.54) is 0 Å². The van der Waals surface area contributed by atoms with Crippen LogP contribution in [0.4, 0.5) is 0 Å². The quantitative estimate of drug-likeness (QED) is 0.591. The maximum atomic E-state index is 12.4. The average Bonchev–Trinajstić information content (AvgIpc) is 2.87. The molecule has 124 valence electrons. The van der Waals surface area contributed by atoms with Gasteiger partial charge in [0.05, 0.1) is 6.61 Å². The highest BCUT2D eigenvalue weighted by Gasteiger charge is 2.30. The fourth-order valence-electron chi connectivity index (χ4n) is 2.87. The smallest absolute Gasteiger partial charge is 0.185 e. The summed E-state index contributed by atoms with van der Waals surface area (Å²) in [5.74, 6) is 1.71. The molecule has 24 heavy (non-hydrogen) atoms. The summed E-state index contributed by atoms with van der Waals surface area (Å²) in [6.07, 6.45) is 4.26. The lowest BCUT2D eigenvalue weighted by Crippen LogP contribution is -2.24. The van der Waals surface area contributed by atoms with Crippen LogP contribution >= 0.6 is 0 Å². The molecule has 0 fully saturated rings. The fraction of sp³-hybridized carbons (Fsp3) is 0.286. The van der Waals surface area contributed by atoms with Crippen molar-refractivity contribution in [2.24, 2.45) is 0 Å². The van der Waals surface area contributed by atoms with Gasteiger partial charge in [0, 0.05) is 12.0 Å². The van der Waals surface area contributed by atoms with Gasteiger partial charge in [-0.25, -0.2) is 0 Å². The summed E-state index contributed by atoms with van der Waals surface area (Å²) in [7, 11) is 0. The molecule has 0 spiro atoms. The lowest BCUT2D eigenvalue weighted by Gasteiger charge is -2.16. The summed E-state index contributed by atoms with van der Waals surface area (Å²) in [4.78, 5) is 12.4. The molecule has 2 aromatic rings. The third-order valence-corrected chi connectivity index (χ3v) is 3.97. The highest BCUT2D eigenvalue weighted by Crippen LogP contribution is 2.35. The first kappa shape index (κ1) is 16.3. The first-order chi connectivity index (χ1) is 11.5. The molecule has 1 heterocycles. The Hall–Kier alpha value is -2.55. The summed E-state index contributed by atoms with van der Waals surface area (Å²) in [5.41, 5.74) is 2.57. The van der Waals surface area contributed by atoms with Gasteiger partial charge in [-0.2, -0.15) is 0 Å². The Morgan fingerprint density at radius 3 is 2.67 bits per heavy atom. The van der Waals surface area contributed by atoms with Crippen LogP contribution in [0.25, 0.3) is 6.08 Å². The number of allylic oxidation sites excluding steroid dienone is 1. The van der Waals surface area contributed by atoms with Crippen LogP contribution < -0.4 is 9.47 Å². The molecular formula is C21H22O3. The summed E-state index contributed by atoms with van der Waals surface area (Å²) >= 11 is 0. The Labute approximate surface area is 142 Å². The standard InChI is InChI=1S/C21H22O3/c1-4-23-18-9-5-15(6-10-18)7-11-19(22)16-8-12-20-17(13-16)14-21(2,3)24-20/h5-13H,4,14H2,1-3H3. The van der Waals surface area contributed by atoms with E-state index in [-0.39, 0.29) is 11.4 Å². The first-order valence-corrected chi connectivity index (χ1v) is 8.24. The normalized spacial score (nSPS) is 15.1. The molecule has 3 nitrogen and oxygen atoms in total. The van der Waals surface area contributed by atoms with Gasteiger partial charge in [-0.3, -0.25) is 4.79 Å². The number of hydrogen-bond acceptors (Lipinski definition) is 3. The van der Waals surface area contributed by atoms with Crippen molar-refractivity contribution in [1.82, 2.24) is 0 Å². The van der Waals surface area contributed by atoms with Crippen molar-refractivity contribution in [3.05, 3.63) is 65.2 Å². The van der Waals surface area contributed by atoms with Gasteiger partial charge in [-0.1, -0.05) is 18.2 Å². The summed E-state index contributed by atoms with van der Waals surface area (Å²) in [5, 5.41) is 0. The van der Waals surface area contributed by atoms with E-state index < -0.39 is 0 Å². The molecule has 3 rings (SSSR count). The summed E-state index contributed by atoms with van der Waals surface area (Å²) in [6, 6.07) is 13.3. The third-order valence-electron chi connectivity index (χ3n) is 3.97. The molecule has 2 aromatic carbocycles. The predicted molar refractivity (Wildman–Crippen MR) is 95.8 cm³/mol.